The normalized spacial score (nSPS) is 29.3. The SMILES string of the molecule is CC[C@H]1O[C@@H]2c3sccc3CO[C@@H]2[C@H]1OCc1ccccc1C. The minimum Gasteiger partial charge on any atom is -0.368 e. The Labute approximate surface area is 141 Å². The van der Waals surface area contributed by atoms with Crippen molar-refractivity contribution in [1.82, 2.24) is 0 Å². The molecular weight excluding hydrogens is 308 g/mol. The third kappa shape index (κ3) is 2.74. The molecule has 0 aliphatic carbocycles. The van der Waals surface area contributed by atoms with E-state index in [1.54, 1.807) is 11.3 Å². The molecule has 0 bridgehead atoms. The lowest BCUT2D eigenvalue weighted by Crippen LogP contribution is -2.36. The summed E-state index contributed by atoms with van der Waals surface area (Å²) in [5.74, 6) is 0. The molecular formula is C19H22O3S. The molecule has 4 heteroatoms. The molecule has 122 valence electrons. The highest BCUT2D eigenvalue weighted by molar-refractivity contribution is 7.10. The zero-order chi connectivity index (χ0) is 15.8. The van der Waals surface area contributed by atoms with Gasteiger partial charge in [-0.2, -0.15) is 0 Å². The number of hydrogen-bond donors (Lipinski definition) is 0. The molecule has 0 amide bonds. The van der Waals surface area contributed by atoms with Crippen molar-refractivity contribution in [1.29, 1.82) is 0 Å². The van der Waals surface area contributed by atoms with E-state index in [1.165, 1.54) is 21.6 Å². The van der Waals surface area contributed by atoms with Crippen LogP contribution in [0.15, 0.2) is 35.7 Å². The van der Waals surface area contributed by atoms with Gasteiger partial charge in [0.25, 0.3) is 0 Å². The van der Waals surface area contributed by atoms with Gasteiger partial charge in [0.1, 0.15) is 18.3 Å². The molecule has 1 fully saturated rings. The lowest BCUT2D eigenvalue weighted by molar-refractivity contribution is -0.0853. The first-order chi connectivity index (χ1) is 11.3. The van der Waals surface area contributed by atoms with Crippen LogP contribution in [-0.4, -0.2) is 18.3 Å². The van der Waals surface area contributed by atoms with Crippen molar-refractivity contribution in [2.24, 2.45) is 0 Å². The molecule has 0 radical (unpaired) electrons. The van der Waals surface area contributed by atoms with Crippen LogP contribution in [0.25, 0.3) is 0 Å². The maximum atomic E-state index is 6.29. The van der Waals surface area contributed by atoms with Crippen LogP contribution < -0.4 is 0 Å². The highest BCUT2D eigenvalue weighted by Crippen LogP contribution is 2.45. The molecule has 23 heavy (non-hydrogen) atoms. The van der Waals surface area contributed by atoms with E-state index in [9.17, 15) is 0 Å². The van der Waals surface area contributed by atoms with Crippen molar-refractivity contribution in [3.05, 3.63) is 57.3 Å². The maximum Gasteiger partial charge on any atom is 0.121 e. The molecule has 1 aromatic heterocycles. The highest BCUT2D eigenvalue weighted by Gasteiger charge is 2.49. The molecule has 1 saturated heterocycles. The summed E-state index contributed by atoms with van der Waals surface area (Å²) in [6, 6.07) is 10.5. The fourth-order valence-electron chi connectivity index (χ4n) is 3.51. The van der Waals surface area contributed by atoms with E-state index in [4.69, 9.17) is 14.2 Å². The number of rotatable bonds is 4. The summed E-state index contributed by atoms with van der Waals surface area (Å²) < 4.78 is 18.7. The van der Waals surface area contributed by atoms with Gasteiger partial charge in [-0.1, -0.05) is 31.2 Å². The zero-order valence-corrected chi connectivity index (χ0v) is 14.3. The number of hydrogen-bond acceptors (Lipinski definition) is 4. The van der Waals surface area contributed by atoms with Crippen molar-refractivity contribution >= 4 is 11.3 Å². The van der Waals surface area contributed by atoms with Crippen LogP contribution in [-0.2, 0) is 27.4 Å². The van der Waals surface area contributed by atoms with Crippen LogP contribution in [0.4, 0.5) is 0 Å². The smallest absolute Gasteiger partial charge is 0.121 e. The van der Waals surface area contributed by atoms with Crippen LogP contribution >= 0.6 is 11.3 Å². The lowest BCUT2D eigenvalue weighted by Gasteiger charge is -2.28. The van der Waals surface area contributed by atoms with E-state index in [0.717, 1.165) is 6.42 Å². The van der Waals surface area contributed by atoms with E-state index in [1.807, 2.05) is 0 Å². The Bertz CT molecular complexity index is 681. The third-order valence-electron chi connectivity index (χ3n) is 4.88. The van der Waals surface area contributed by atoms with Gasteiger partial charge in [-0.05, 0) is 41.5 Å². The molecule has 2 aromatic rings. The zero-order valence-electron chi connectivity index (χ0n) is 13.5. The Morgan fingerprint density at radius 1 is 1.26 bits per heavy atom. The van der Waals surface area contributed by atoms with Gasteiger partial charge in [-0.15, -0.1) is 11.3 Å². The van der Waals surface area contributed by atoms with Gasteiger partial charge in [0, 0.05) is 4.88 Å². The Morgan fingerprint density at radius 2 is 2.13 bits per heavy atom. The molecule has 3 nitrogen and oxygen atoms in total. The van der Waals surface area contributed by atoms with Crippen molar-refractivity contribution in [2.75, 3.05) is 0 Å². The van der Waals surface area contributed by atoms with Gasteiger partial charge in [-0.3, -0.25) is 0 Å². The number of fused-ring (bicyclic) bond motifs is 3. The molecule has 1 aromatic carbocycles. The summed E-state index contributed by atoms with van der Waals surface area (Å²) in [4.78, 5) is 1.32. The average molecular weight is 330 g/mol. The molecule has 0 saturated carbocycles. The Balaban J connectivity index is 1.53. The minimum absolute atomic E-state index is 0.000133. The van der Waals surface area contributed by atoms with E-state index in [0.29, 0.717) is 13.2 Å². The van der Waals surface area contributed by atoms with Gasteiger partial charge in [0.2, 0.25) is 0 Å². The van der Waals surface area contributed by atoms with Crippen molar-refractivity contribution in [2.45, 2.75) is 57.9 Å². The first-order valence-electron chi connectivity index (χ1n) is 8.27. The minimum atomic E-state index is -0.000133. The summed E-state index contributed by atoms with van der Waals surface area (Å²) in [5, 5.41) is 2.13. The number of aryl methyl sites for hydroxylation is 1. The molecule has 0 spiro atoms. The molecule has 2 aliphatic heterocycles. The fraction of sp³-hybridized carbons (Fsp3) is 0.474. The summed E-state index contributed by atoms with van der Waals surface area (Å²) in [6.07, 6.45) is 1.08. The predicted octanol–water partition coefficient (Wildman–Crippen LogP) is 4.39. The second kappa shape index (κ2) is 6.36. The molecule has 4 rings (SSSR count). The lowest BCUT2D eigenvalue weighted by atomic mass is 10.0. The first-order valence-corrected chi connectivity index (χ1v) is 9.15. The largest absolute Gasteiger partial charge is 0.368 e. The van der Waals surface area contributed by atoms with Gasteiger partial charge in [0.05, 0.1) is 19.3 Å². The molecule has 0 N–H and O–H groups in total. The number of ether oxygens (including phenoxy) is 3. The van der Waals surface area contributed by atoms with Crippen molar-refractivity contribution in [3.8, 4) is 0 Å². The average Bonchev–Trinajstić information content (AvgIpc) is 3.17. The van der Waals surface area contributed by atoms with Gasteiger partial charge < -0.3 is 14.2 Å². The summed E-state index contributed by atoms with van der Waals surface area (Å²) in [7, 11) is 0. The molecule has 4 atom stereocenters. The predicted molar refractivity (Wildman–Crippen MR) is 90.6 cm³/mol. The second-order valence-electron chi connectivity index (χ2n) is 6.29. The topological polar surface area (TPSA) is 27.7 Å². The van der Waals surface area contributed by atoms with E-state index in [2.05, 4.69) is 49.6 Å². The molecule has 0 unspecified atom stereocenters. The van der Waals surface area contributed by atoms with Crippen LogP contribution in [0.5, 0.6) is 0 Å². The van der Waals surface area contributed by atoms with Crippen LogP contribution in [0, 0.1) is 6.92 Å². The van der Waals surface area contributed by atoms with Crippen LogP contribution in [0.2, 0.25) is 0 Å². The van der Waals surface area contributed by atoms with Gasteiger partial charge in [-0.25, -0.2) is 0 Å². The van der Waals surface area contributed by atoms with Gasteiger partial charge >= 0.3 is 0 Å². The Hall–Kier alpha value is -1.20. The third-order valence-corrected chi connectivity index (χ3v) is 5.90. The standard InChI is InChI=1S/C19H22O3S/c1-3-15-16(20-10-13-7-5-4-6-12(13)2)17-18(22-15)19-14(11-21-17)8-9-23-19/h4-9,15-18H,3,10-11H2,1-2H3/t15-,16+,17-,18+/m1/s1. The van der Waals surface area contributed by atoms with Crippen molar-refractivity contribution < 1.29 is 14.2 Å². The molecule has 2 aliphatic rings. The summed E-state index contributed by atoms with van der Waals surface area (Å²) >= 11 is 1.77. The van der Waals surface area contributed by atoms with E-state index in [-0.39, 0.29) is 24.4 Å². The Morgan fingerprint density at radius 3 is 2.96 bits per heavy atom. The van der Waals surface area contributed by atoms with Crippen molar-refractivity contribution in [3.63, 3.8) is 0 Å². The fourth-order valence-corrected chi connectivity index (χ4v) is 4.49. The first kappa shape index (κ1) is 15.3. The van der Waals surface area contributed by atoms with Crippen LogP contribution in [0.1, 0.15) is 41.0 Å². The Kier molecular flexibility index (Phi) is 4.24. The highest BCUT2D eigenvalue weighted by atomic mass is 32.1. The quantitative estimate of drug-likeness (QED) is 0.832. The summed E-state index contributed by atoms with van der Waals surface area (Å²) in [5.41, 5.74) is 3.77. The monoisotopic (exact) mass is 330 g/mol. The van der Waals surface area contributed by atoms with Crippen LogP contribution in [0.3, 0.4) is 0 Å². The van der Waals surface area contributed by atoms with Gasteiger partial charge in [0.15, 0.2) is 0 Å². The van der Waals surface area contributed by atoms with E-state index >= 15 is 0 Å². The second-order valence-corrected chi connectivity index (χ2v) is 7.24. The van der Waals surface area contributed by atoms with E-state index < -0.39 is 0 Å². The number of benzene rings is 1. The molecule has 3 heterocycles. The maximum absolute atomic E-state index is 6.29. The summed E-state index contributed by atoms with van der Waals surface area (Å²) in [6.45, 7) is 5.56. The number of thiophene rings is 1.